The summed E-state index contributed by atoms with van der Waals surface area (Å²) < 4.78 is 11.5. The maximum Gasteiger partial charge on any atom is 0.329 e. The molecule has 1 aromatic carbocycles. The molecule has 2 aliphatic rings. The van der Waals surface area contributed by atoms with Crippen LogP contribution in [0.1, 0.15) is 127 Å². The molecule has 18 nitrogen and oxygen atoms in total. The van der Waals surface area contributed by atoms with Crippen molar-refractivity contribution in [3.63, 3.8) is 0 Å². The summed E-state index contributed by atoms with van der Waals surface area (Å²) in [4.78, 5) is 119. The largest absolute Gasteiger partial charge is 1.00 e. The van der Waals surface area contributed by atoms with Gasteiger partial charge in [0.25, 0.3) is 5.91 Å². The summed E-state index contributed by atoms with van der Waals surface area (Å²) in [7, 11) is 4.48. The first-order valence-electron chi connectivity index (χ1n) is 25.3. The number of fused-ring (bicyclic) bond motifs is 1. The van der Waals surface area contributed by atoms with E-state index in [9.17, 15) is 43.5 Å². The number of amides is 6. The van der Waals surface area contributed by atoms with E-state index >= 15 is 0 Å². The van der Waals surface area contributed by atoms with E-state index in [1.54, 1.807) is 45.0 Å². The van der Waals surface area contributed by atoms with Gasteiger partial charge in [-0.25, -0.2) is 4.79 Å². The van der Waals surface area contributed by atoms with Crippen molar-refractivity contribution in [2.75, 3.05) is 27.7 Å². The Kier molecular flexibility index (Phi) is 25.0. The van der Waals surface area contributed by atoms with Crippen molar-refractivity contribution in [3.05, 3.63) is 29.8 Å². The lowest BCUT2D eigenvalue weighted by Gasteiger charge is -2.36. The molecule has 2 saturated heterocycles. The standard InChI is InChI=1S/C52H85N7O11.ClH/c1-15-32(10)44-42(61)27-35(60)26-37(30(6)7)46(62)54-38(23-28(2)3)49(65)59-22-16-17-39(59)50(66)58(13)41(25-34-18-20-36(69-14)21-19-34)52(68)70-33(11)45(48(64)55-44)56-47(63)40(24-29(4)5)57(12)51(67)43(53)31(8)9;/h18-21,28-33,37-45,61H,15-17,22-27,53H2,1-14H3,(H,54,62)(H,55,64)(H,56,63);1H/t32-,33+,37-,38-,39-,40?,41-,42-,43-,44+,45-;/m0./s1. The predicted molar refractivity (Wildman–Crippen MR) is 264 cm³/mol. The molecule has 2 aliphatic heterocycles. The Hall–Kier alpha value is -4.81. The highest BCUT2D eigenvalue weighted by atomic mass is 35.5. The molecule has 7 N–H and O–H groups in total. The van der Waals surface area contributed by atoms with E-state index in [0.29, 0.717) is 24.2 Å². The molecule has 3 rings (SSSR count). The Balaban J connectivity index is 0.0000173. The van der Waals surface area contributed by atoms with Crippen molar-refractivity contribution in [1.29, 1.82) is 0 Å². The molecule has 0 saturated carbocycles. The number of Topliss-reactive ketones (excluding diaryl/α,β-unsaturated/α-hetero) is 1. The normalized spacial score (nSPS) is 25.9. The summed E-state index contributed by atoms with van der Waals surface area (Å²) in [5, 5.41) is 20.4. The summed E-state index contributed by atoms with van der Waals surface area (Å²) in [6, 6.07) is -0.823. The van der Waals surface area contributed by atoms with E-state index in [4.69, 9.17) is 9.47 Å². The third-order valence-corrected chi connectivity index (χ3v) is 14.1. The fourth-order valence-electron chi connectivity index (χ4n) is 9.22. The van der Waals surface area contributed by atoms with Crippen LogP contribution in [0.3, 0.4) is 0 Å². The quantitative estimate of drug-likeness (QED) is 0.143. The number of cyclic esters (lactones) is 1. The van der Waals surface area contributed by atoms with Crippen molar-refractivity contribution in [2.24, 2.45) is 35.5 Å². The number of methoxy groups -OCH3 is 1. The Labute approximate surface area is 428 Å². The first kappa shape index (κ1) is 62.3. The topological polar surface area (TPSA) is 249 Å². The number of esters is 1. The van der Waals surface area contributed by atoms with Gasteiger partial charge in [0.05, 0.1) is 19.3 Å². The van der Waals surface area contributed by atoms with Crippen LogP contribution in [0.15, 0.2) is 24.3 Å². The predicted octanol–water partition coefficient (Wildman–Crippen LogP) is -0.326. The van der Waals surface area contributed by atoms with Crippen LogP contribution in [0.4, 0.5) is 0 Å². The second-order valence-corrected chi connectivity index (χ2v) is 21.3. The maximum absolute atomic E-state index is 14.8. The van der Waals surface area contributed by atoms with Crippen LogP contribution in [0.2, 0.25) is 0 Å². The zero-order chi connectivity index (χ0) is 52.9. The number of likely N-dealkylation sites (N-methyl/N-ethyl adjacent to an activating group) is 2. The minimum absolute atomic E-state index is 0. The number of halogens is 1. The monoisotopic (exact) mass is 1020 g/mol. The van der Waals surface area contributed by atoms with Crippen LogP contribution in [-0.4, -0.2) is 149 Å². The average Bonchev–Trinajstić information content (AvgIpc) is 3.80. The van der Waals surface area contributed by atoms with Crippen molar-refractivity contribution >= 4 is 47.2 Å². The van der Waals surface area contributed by atoms with E-state index in [1.807, 2.05) is 48.5 Å². The highest BCUT2D eigenvalue weighted by molar-refractivity contribution is 5.96. The molecule has 402 valence electrons. The maximum atomic E-state index is 14.8. The summed E-state index contributed by atoms with van der Waals surface area (Å²) in [5.74, 6) is -6.11. The summed E-state index contributed by atoms with van der Waals surface area (Å²) in [5.41, 5.74) is 4.66. The molecule has 1 unspecified atom stereocenters. The lowest BCUT2D eigenvalue weighted by atomic mass is 9.85. The molecule has 0 aromatic heterocycles. The highest BCUT2D eigenvalue weighted by Gasteiger charge is 2.44. The Morgan fingerprint density at radius 1 is 0.930 bits per heavy atom. The number of carbonyl (C=O) groups excluding carboxylic acids is 8. The van der Waals surface area contributed by atoms with Gasteiger partial charge in [0.1, 0.15) is 47.8 Å². The van der Waals surface area contributed by atoms with Gasteiger partial charge >= 0.3 is 5.97 Å². The number of aliphatic hydroxyl groups is 1. The number of hydrogen-bond acceptors (Lipinski definition) is 11. The molecule has 71 heavy (non-hydrogen) atoms. The average molecular weight is 1020 g/mol. The molecule has 19 heteroatoms. The first-order valence-corrected chi connectivity index (χ1v) is 25.3. The molecule has 2 heterocycles. The van der Waals surface area contributed by atoms with E-state index in [0.717, 1.165) is 0 Å². The van der Waals surface area contributed by atoms with E-state index in [2.05, 4.69) is 21.7 Å². The van der Waals surface area contributed by atoms with Crippen molar-refractivity contribution < 1.29 is 71.1 Å². The van der Waals surface area contributed by atoms with Crippen molar-refractivity contribution in [1.82, 2.24) is 30.7 Å². The van der Waals surface area contributed by atoms with E-state index in [-0.39, 0.29) is 80.6 Å². The van der Waals surface area contributed by atoms with Gasteiger partial charge in [0.2, 0.25) is 29.5 Å². The molecule has 0 aliphatic carbocycles. The van der Waals surface area contributed by atoms with Crippen molar-refractivity contribution in [3.8, 4) is 5.75 Å². The molecular formula is C52H86ClN7O11. The Morgan fingerprint density at radius 3 is 2.08 bits per heavy atom. The van der Waals surface area contributed by atoms with Crippen molar-refractivity contribution in [2.45, 2.75) is 182 Å². The Morgan fingerprint density at radius 2 is 1.55 bits per heavy atom. The van der Waals surface area contributed by atoms with Gasteiger partial charge in [-0.3, -0.25) is 33.6 Å². The molecule has 11 atom stereocenters. The van der Waals surface area contributed by atoms with Gasteiger partial charge in [-0.2, -0.15) is 0 Å². The van der Waals surface area contributed by atoms with E-state index < -0.39 is 114 Å². The molecule has 0 spiro atoms. The first-order chi connectivity index (χ1) is 32.7. The van der Waals surface area contributed by atoms with Crippen LogP contribution >= 0.6 is 0 Å². The number of benzene rings is 1. The SMILES string of the molecule is CC[C@H](C)[C@H]1NC(=O)[C@@H](NC(=O)C(CC(C)C)N(C)C(=O)[C@@H]([NH3+])C(C)C)[C@@H](C)OC(=O)[C@H](Cc2ccc(OC)cc2)N(C)C(=O)[C@@H]2CCCN2C(=O)[C@H](CC(C)C)NC(=O)[C@H](C(C)C)CC(=O)C[C@@H]1O.[Cl-]. The zero-order valence-electron chi connectivity index (χ0n) is 44.8. The lowest BCUT2D eigenvalue weighted by Crippen LogP contribution is -3.00. The minimum atomic E-state index is -1.61. The zero-order valence-corrected chi connectivity index (χ0v) is 45.5. The lowest BCUT2D eigenvalue weighted by molar-refractivity contribution is -0.416. The third kappa shape index (κ3) is 17.2. The minimum Gasteiger partial charge on any atom is -1.00 e. The van der Waals surface area contributed by atoms with Gasteiger partial charge < -0.3 is 63.4 Å². The summed E-state index contributed by atoms with van der Waals surface area (Å²) in [6.07, 6.45) is -1.89. The van der Waals surface area contributed by atoms with Gasteiger partial charge in [0.15, 0.2) is 6.04 Å². The number of rotatable bonds is 15. The number of ketones is 1. The third-order valence-electron chi connectivity index (χ3n) is 14.1. The number of carbonyl (C=O) groups is 8. The van der Waals surface area contributed by atoms with Gasteiger partial charge in [-0.05, 0) is 74.0 Å². The van der Waals surface area contributed by atoms with Crippen LogP contribution in [0, 0.1) is 35.5 Å². The number of nitrogens with one attached hydrogen (secondary N) is 3. The highest BCUT2D eigenvalue weighted by Crippen LogP contribution is 2.27. The van der Waals surface area contributed by atoms with Crippen LogP contribution in [0.25, 0.3) is 0 Å². The number of quaternary nitrogens is 1. The molecule has 0 radical (unpaired) electrons. The number of aliphatic hydroxyl groups excluding tert-OH is 1. The molecule has 1 aromatic rings. The van der Waals surface area contributed by atoms with Gasteiger partial charge in [0, 0.05) is 51.7 Å². The summed E-state index contributed by atoms with van der Waals surface area (Å²) >= 11 is 0. The smallest absolute Gasteiger partial charge is 0.329 e. The molecule has 2 fully saturated rings. The summed E-state index contributed by atoms with van der Waals surface area (Å²) in [6.45, 7) is 20.2. The molecular weight excluding hydrogens is 934 g/mol. The van der Waals surface area contributed by atoms with Gasteiger partial charge in [-0.1, -0.05) is 87.8 Å². The molecule has 6 amide bonds. The van der Waals surface area contributed by atoms with Crippen LogP contribution in [-0.2, 0) is 49.5 Å². The second kappa shape index (κ2) is 28.4. The molecule has 0 bridgehead atoms. The number of hydrogen-bond donors (Lipinski definition) is 5. The van der Waals surface area contributed by atoms with E-state index in [1.165, 1.54) is 42.8 Å². The van der Waals surface area contributed by atoms with Gasteiger partial charge in [-0.15, -0.1) is 0 Å². The fraction of sp³-hybridized carbons (Fsp3) is 0.731. The number of ether oxygens (including phenoxy) is 2. The second-order valence-electron chi connectivity index (χ2n) is 21.3. The van der Waals surface area contributed by atoms with Crippen LogP contribution < -0.4 is 38.8 Å². The number of nitrogens with zero attached hydrogens (tertiary/aromatic N) is 3. The fourth-order valence-corrected chi connectivity index (χ4v) is 9.22. The van der Waals surface area contributed by atoms with Crippen LogP contribution in [0.5, 0.6) is 5.75 Å². The Bertz CT molecular complexity index is 1970.